The number of nitrogens with one attached hydrogen (secondary N) is 1. The van der Waals surface area contributed by atoms with Crippen molar-refractivity contribution in [3.05, 3.63) is 83.4 Å². The van der Waals surface area contributed by atoms with E-state index in [0.717, 1.165) is 53.0 Å². The summed E-state index contributed by atoms with van der Waals surface area (Å²) in [5.41, 5.74) is 4.72. The minimum Gasteiger partial charge on any atom is -0.487 e. The molecule has 3 heterocycles. The van der Waals surface area contributed by atoms with Gasteiger partial charge < -0.3 is 14.4 Å². The average molecular weight is 639 g/mol. The lowest BCUT2D eigenvalue weighted by atomic mass is 9.88. The molecule has 4 aromatic rings. The fourth-order valence-electron chi connectivity index (χ4n) is 5.65. The monoisotopic (exact) mass is 638 g/mol. The van der Waals surface area contributed by atoms with Gasteiger partial charge in [-0.15, -0.1) is 0 Å². The number of nitrogens with zero attached hydrogens (tertiary/aromatic N) is 5. The highest BCUT2D eigenvalue weighted by Gasteiger charge is 2.29. The molecular weight excluding hydrogens is 597 g/mol. The summed E-state index contributed by atoms with van der Waals surface area (Å²) in [6.07, 6.45) is 8.61. The van der Waals surface area contributed by atoms with Crippen LogP contribution >= 0.6 is 11.9 Å². The number of ether oxygens (including phenoxy) is 2. The Morgan fingerprint density at radius 2 is 1.76 bits per heavy atom. The molecule has 1 aliphatic carbocycles. The lowest BCUT2D eigenvalue weighted by Gasteiger charge is -2.33. The third-order valence-corrected chi connectivity index (χ3v) is 9.26. The van der Waals surface area contributed by atoms with Crippen molar-refractivity contribution in [3.63, 3.8) is 0 Å². The van der Waals surface area contributed by atoms with Crippen LogP contribution in [0.4, 0.5) is 5.95 Å². The van der Waals surface area contributed by atoms with Crippen molar-refractivity contribution in [1.29, 1.82) is 0 Å². The maximum absolute atomic E-state index is 14.3. The molecule has 9 nitrogen and oxygen atoms in total. The molecule has 0 unspecified atom stereocenters. The molecule has 6 rings (SSSR count). The highest BCUT2D eigenvalue weighted by molar-refractivity contribution is 8.00. The SMILES string of the molecule is Cc1cccc(C)c1-c1cc2nc(n1)NSc1cccc(c1)C(=O)N(Cc1ncc(OC3CCC3)cn1)[C@H](CCC(C)(C)C)CO2. The van der Waals surface area contributed by atoms with Gasteiger partial charge in [-0.05, 0) is 92.6 Å². The molecule has 10 heteroatoms. The fraction of sp³-hybridized carbons (Fsp3) is 0.417. The lowest BCUT2D eigenvalue weighted by molar-refractivity contribution is 0.0545. The third-order valence-electron chi connectivity index (χ3n) is 8.48. The zero-order valence-electron chi connectivity index (χ0n) is 27.2. The van der Waals surface area contributed by atoms with E-state index < -0.39 is 0 Å². The smallest absolute Gasteiger partial charge is 0.254 e. The van der Waals surface area contributed by atoms with Crippen LogP contribution < -0.4 is 14.2 Å². The molecule has 1 fully saturated rings. The van der Waals surface area contributed by atoms with Crippen LogP contribution in [0.1, 0.15) is 80.2 Å². The van der Waals surface area contributed by atoms with Crippen LogP contribution in [-0.4, -0.2) is 49.5 Å². The summed E-state index contributed by atoms with van der Waals surface area (Å²) in [6.45, 7) is 11.3. The molecule has 1 atom stereocenters. The normalized spacial score (nSPS) is 17.1. The number of hydrogen-bond acceptors (Lipinski definition) is 9. The molecule has 1 N–H and O–H groups in total. The van der Waals surface area contributed by atoms with Gasteiger partial charge >= 0.3 is 0 Å². The van der Waals surface area contributed by atoms with Gasteiger partial charge in [-0.3, -0.25) is 9.52 Å². The van der Waals surface area contributed by atoms with Gasteiger partial charge in [0.1, 0.15) is 12.4 Å². The van der Waals surface area contributed by atoms with Gasteiger partial charge in [0.15, 0.2) is 5.75 Å². The summed E-state index contributed by atoms with van der Waals surface area (Å²) in [5.74, 6) is 2.00. The Morgan fingerprint density at radius 3 is 2.46 bits per heavy atom. The molecule has 0 saturated heterocycles. The van der Waals surface area contributed by atoms with Gasteiger partial charge in [0.05, 0.1) is 36.8 Å². The number of hydrogen-bond donors (Lipinski definition) is 1. The molecule has 2 aromatic carbocycles. The summed E-state index contributed by atoms with van der Waals surface area (Å²) in [4.78, 5) is 35.9. The molecule has 0 radical (unpaired) electrons. The number of aromatic nitrogens is 4. The number of carbonyl (C=O) groups is 1. The van der Waals surface area contributed by atoms with E-state index >= 15 is 0 Å². The van der Waals surface area contributed by atoms with Crippen LogP contribution in [-0.2, 0) is 6.54 Å². The van der Waals surface area contributed by atoms with Crippen LogP contribution in [0.25, 0.3) is 11.3 Å². The molecule has 0 spiro atoms. The summed E-state index contributed by atoms with van der Waals surface area (Å²) in [7, 11) is 0. The standard InChI is InChI=1S/C36H42N6O3S/c1-23-9-6-10-24(2)33(23)30-18-32-40-35(39-30)41-46-29-14-7-11-25(17-29)34(43)42(26(22-44-32)15-16-36(3,4)5)21-31-37-19-28(20-38-31)45-27-12-8-13-27/h6-7,9-11,14,17-20,26-27H,8,12-13,15-16,21-22H2,1-5H3,(H,39,40,41)/t26-/m1/s1. The van der Waals surface area contributed by atoms with Crippen LogP contribution in [0.5, 0.6) is 11.6 Å². The van der Waals surface area contributed by atoms with Gasteiger partial charge in [0.2, 0.25) is 11.8 Å². The molecule has 2 aliphatic rings. The van der Waals surface area contributed by atoms with Crippen molar-refractivity contribution in [2.24, 2.45) is 5.41 Å². The number of aryl methyl sites for hydroxylation is 2. The van der Waals surface area contributed by atoms with E-state index in [-0.39, 0.29) is 36.6 Å². The van der Waals surface area contributed by atoms with E-state index in [0.29, 0.717) is 29.0 Å². The highest BCUT2D eigenvalue weighted by atomic mass is 32.2. The molecule has 1 amide bonds. The summed E-state index contributed by atoms with van der Waals surface area (Å²) in [5, 5.41) is 0. The Hall–Kier alpha value is -4.18. The second-order valence-electron chi connectivity index (χ2n) is 13.4. The summed E-state index contributed by atoms with van der Waals surface area (Å²) < 4.78 is 15.7. The molecule has 2 aromatic heterocycles. The Kier molecular flexibility index (Phi) is 9.44. The third kappa shape index (κ3) is 7.78. The van der Waals surface area contributed by atoms with Gasteiger partial charge in [0, 0.05) is 22.1 Å². The Bertz CT molecular complexity index is 1670. The number of anilines is 1. The van der Waals surface area contributed by atoms with E-state index in [4.69, 9.17) is 19.4 Å². The minimum atomic E-state index is -0.270. The van der Waals surface area contributed by atoms with E-state index in [2.05, 4.69) is 61.4 Å². The molecule has 46 heavy (non-hydrogen) atoms. The first-order chi connectivity index (χ1) is 22.1. The van der Waals surface area contributed by atoms with Crippen LogP contribution in [0.2, 0.25) is 0 Å². The van der Waals surface area contributed by atoms with Crippen molar-refractivity contribution < 1.29 is 14.3 Å². The number of fused-ring (bicyclic) bond motifs is 4. The van der Waals surface area contributed by atoms with Crippen molar-refractivity contribution in [3.8, 4) is 22.9 Å². The predicted molar refractivity (Wildman–Crippen MR) is 181 cm³/mol. The first-order valence-electron chi connectivity index (χ1n) is 16.0. The van der Waals surface area contributed by atoms with Crippen molar-refractivity contribution in [2.75, 3.05) is 11.3 Å². The van der Waals surface area contributed by atoms with Gasteiger partial charge in [0.25, 0.3) is 5.91 Å². The van der Waals surface area contributed by atoms with E-state index in [1.807, 2.05) is 41.3 Å². The molecule has 1 aliphatic heterocycles. The molecule has 4 bridgehead atoms. The lowest BCUT2D eigenvalue weighted by Crippen LogP contribution is -2.44. The first-order valence-corrected chi connectivity index (χ1v) is 16.8. The average Bonchev–Trinajstić information content (AvgIpc) is 3.01. The largest absolute Gasteiger partial charge is 0.487 e. The molecule has 240 valence electrons. The second-order valence-corrected chi connectivity index (χ2v) is 14.3. The van der Waals surface area contributed by atoms with Crippen molar-refractivity contribution in [2.45, 2.75) is 90.3 Å². The van der Waals surface area contributed by atoms with Gasteiger partial charge in [-0.2, -0.15) is 4.98 Å². The van der Waals surface area contributed by atoms with Gasteiger partial charge in [-0.25, -0.2) is 15.0 Å². The minimum absolute atomic E-state index is 0.0605. The summed E-state index contributed by atoms with van der Waals surface area (Å²) >= 11 is 1.36. The zero-order valence-corrected chi connectivity index (χ0v) is 28.1. The molecule has 1 saturated carbocycles. The Balaban J connectivity index is 1.37. The Morgan fingerprint density at radius 1 is 1.02 bits per heavy atom. The fourth-order valence-corrected chi connectivity index (χ4v) is 6.28. The maximum atomic E-state index is 14.3. The zero-order chi connectivity index (χ0) is 32.3. The van der Waals surface area contributed by atoms with Crippen LogP contribution in [0.3, 0.4) is 0 Å². The maximum Gasteiger partial charge on any atom is 0.254 e. The van der Waals surface area contributed by atoms with Crippen LogP contribution in [0.15, 0.2) is 65.8 Å². The van der Waals surface area contributed by atoms with Gasteiger partial charge in [-0.1, -0.05) is 45.0 Å². The number of benzene rings is 2. The van der Waals surface area contributed by atoms with E-state index in [1.165, 1.54) is 18.4 Å². The van der Waals surface area contributed by atoms with Crippen molar-refractivity contribution >= 4 is 23.8 Å². The van der Waals surface area contributed by atoms with Crippen molar-refractivity contribution in [1.82, 2.24) is 24.8 Å². The van der Waals surface area contributed by atoms with Crippen LogP contribution in [0, 0.1) is 19.3 Å². The summed E-state index contributed by atoms with van der Waals surface area (Å²) in [6, 6.07) is 15.5. The molecular formula is C36H42N6O3S. The highest BCUT2D eigenvalue weighted by Crippen LogP contribution is 2.32. The number of carbonyl (C=O) groups excluding carboxylic acids is 1. The quantitative estimate of drug-likeness (QED) is 0.203. The number of amides is 1. The topological polar surface area (TPSA) is 102 Å². The number of rotatable bonds is 7. The first kappa shape index (κ1) is 31.8. The second kappa shape index (κ2) is 13.7. The van der Waals surface area contributed by atoms with E-state index in [1.54, 1.807) is 12.4 Å². The predicted octanol–water partition coefficient (Wildman–Crippen LogP) is 7.83. The Labute approximate surface area is 275 Å². The van der Waals surface area contributed by atoms with E-state index in [9.17, 15) is 4.79 Å².